The predicted octanol–water partition coefficient (Wildman–Crippen LogP) is 0.384. The Labute approximate surface area is 77.1 Å². The molecule has 0 aliphatic heterocycles. The largest absolute Gasteiger partial charge is 0.463 e. The van der Waals surface area contributed by atoms with Gasteiger partial charge < -0.3 is 4.74 Å². The van der Waals surface area contributed by atoms with E-state index in [1.165, 1.54) is 12.2 Å². The van der Waals surface area contributed by atoms with Crippen LogP contribution in [-0.2, 0) is 19.6 Å². The van der Waals surface area contributed by atoms with E-state index in [0.717, 1.165) is 0 Å². The monoisotopic (exact) mass is 208 g/mol. The summed E-state index contributed by atoms with van der Waals surface area (Å²) in [5.41, 5.74) is 0. The quantitative estimate of drug-likeness (QED) is 0.306. The summed E-state index contributed by atoms with van der Waals surface area (Å²) in [7, 11) is -3.94. The van der Waals surface area contributed by atoms with Gasteiger partial charge in [-0.15, -0.1) is 0 Å². The highest BCUT2D eigenvalue weighted by Crippen LogP contribution is 1.90. The molecule has 0 fully saturated rings. The van der Waals surface area contributed by atoms with Gasteiger partial charge in [0.15, 0.2) is 0 Å². The van der Waals surface area contributed by atoms with Gasteiger partial charge in [-0.1, -0.05) is 6.08 Å². The molecule has 0 heterocycles. The van der Waals surface area contributed by atoms with Crippen molar-refractivity contribution in [3.05, 3.63) is 12.2 Å². The molecule has 0 radical (unpaired) electrons. The molecule has 0 rings (SSSR count). The van der Waals surface area contributed by atoms with Crippen LogP contribution in [0.4, 0.5) is 0 Å². The molecular formula is C7H12O5S. The number of ether oxygens (including phenoxy) is 1. The van der Waals surface area contributed by atoms with Crippen LogP contribution in [0.2, 0.25) is 0 Å². The predicted molar refractivity (Wildman–Crippen MR) is 46.8 cm³/mol. The standard InChI is InChI=1S/C7H12O5S/c1-2-4-7(8)12-5-3-6-13(9,10)11/h2,4H,3,5-6H2,1H3,(H,9,10,11)/b4-2+. The number of hydrogen-bond acceptors (Lipinski definition) is 4. The molecule has 5 nitrogen and oxygen atoms in total. The van der Waals surface area contributed by atoms with Gasteiger partial charge in [-0.3, -0.25) is 4.55 Å². The van der Waals surface area contributed by atoms with E-state index in [1.807, 2.05) is 0 Å². The maximum absolute atomic E-state index is 10.6. The Hall–Kier alpha value is -0.880. The molecule has 0 aromatic carbocycles. The molecule has 0 aliphatic rings. The lowest BCUT2D eigenvalue weighted by molar-refractivity contribution is -0.137. The van der Waals surface area contributed by atoms with Crippen LogP contribution in [0.3, 0.4) is 0 Å². The molecule has 1 N–H and O–H groups in total. The van der Waals surface area contributed by atoms with Gasteiger partial charge in [0.05, 0.1) is 12.4 Å². The molecule has 0 saturated heterocycles. The average molecular weight is 208 g/mol. The molecule has 0 bridgehead atoms. The number of esters is 1. The normalized spacial score (nSPS) is 11.8. The zero-order chi connectivity index (χ0) is 10.3. The Morgan fingerprint density at radius 3 is 2.62 bits per heavy atom. The molecule has 0 spiro atoms. The zero-order valence-corrected chi connectivity index (χ0v) is 8.08. The third-order valence-electron chi connectivity index (χ3n) is 1.09. The molecule has 0 unspecified atom stereocenters. The van der Waals surface area contributed by atoms with E-state index in [2.05, 4.69) is 4.74 Å². The van der Waals surface area contributed by atoms with Crippen molar-refractivity contribution in [2.24, 2.45) is 0 Å². The van der Waals surface area contributed by atoms with Crippen LogP contribution in [0.15, 0.2) is 12.2 Å². The number of rotatable bonds is 5. The summed E-state index contributed by atoms with van der Waals surface area (Å²) in [6.45, 7) is 1.66. The lowest BCUT2D eigenvalue weighted by Crippen LogP contribution is -2.09. The lowest BCUT2D eigenvalue weighted by atomic mass is 10.5. The second kappa shape index (κ2) is 5.71. The Morgan fingerprint density at radius 2 is 2.15 bits per heavy atom. The summed E-state index contributed by atoms with van der Waals surface area (Å²) in [6, 6.07) is 0. The molecule has 0 atom stereocenters. The highest BCUT2D eigenvalue weighted by Gasteiger charge is 2.04. The Kier molecular flexibility index (Phi) is 5.33. The molecular weight excluding hydrogens is 196 g/mol. The highest BCUT2D eigenvalue weighted by molar-refractivity contribution is 7.85. The van der Waals surface area contributed by atoms with E-state index in [1.54, 1.807) is 6.92 Å². The van der Waals surface area contributed by atoms with Crippen LogP contribution in [0.25, 0.3) is 0 Å². The number of hydrogen-bond donors (Lipinski definition) is 1. The van der Waals surface area contributed by atoms with E-state index in [9.17, 15) is 13.2 Å². The van der Waals surface area contributed by atoms with E-state index in [-0.39, 0.29) is 13.0 Å². The van der Waals surface area contributed by atoms with Crippen molar-refractivity contribution in [2.45, 2.75) is 13.3 Å². The van der Waals surface area contributed by atoms with Gasteiger partial charge in [0.25, 0.3) is 10.1 Å². The number of allylic oxidation sites excluding steroid dienone is 1. The lowest BCUT2D eigenvalue weighted by Gasteiger charge is -1.99. The van der Waals surface area contributed by atoms with Crippen LogP contribution in [0, 0.1) is 0 Å². The second-order valence-electron chi connectivity index (χ2n) is 2.31. The van der Waals surface area contributed by atoms with Gasteiger partial charge in [0, 0.05) is 6.08 Å². The summed E-state index contributed by atoms with van der Waals surface area (Å²) >= 11 is 0. The highest BCUT2D eigenvalue weighted by atomic mass is 32.2. The van der Waals surface area contributed by atoms with Gasteiger partial charge in [-0.2, -0.15) is 8.42 Å². The van der Waals surface area contributed by atoms with Crippen molar-refractivity contribution >= 4 is 16.1 Å². The van der Waals surface area contributed by atoms with E-state index in [0.29, 0.717) is 0 Å². The molecule has 76 valence electrons. The van der Waals surface area contributed by atoms with Crippen molar-refractivity contribution in [1.29, 1.82) is 0 Å². The van der Waals surface area contributed by atoms with Crippen LogP contribution in [0.5, 0.6) is 0 Å². The minimum atomic E-state index is -3.94. The first kappa shape index (κ1) is 12.1. The maximum Gasteiger partial charge on any atom is 0.330 e. The smallest absolute Gasteiger partial charge is 0.330 e. The Bertz CT molecular complexity index is 277. The second-order valence-corrected chi connectivity index (χ2v) is 3.88. The first-order chi connectivity index (χ1) is 5.95. The summed E-state index contributed by atoms with van der Waals surface area (Å²) < 4.78 is 33.3. The van der Waals surface area contributed by atoms with Crippen LogP contribution < -0.4 is 0 Å². The van der Waals surface area contributed by atoms with Crippen LogP contribution in [-0.4, -0.2) is 31.3 Å². The molecule has 6 heteroatoms. The molecule has 0 aromatic heterocycles. The Balaban J connectivity index is 3.53. The summed E-state index contributed by atoms with van der Waals surface area (Å²) in [5.74, 6) is -0.909. The van der Waals surface area contributed by atoms with Crippen molar-refractivity contribution in [2.75, 3.05) is 12.4 Å². The third-order valence-corrected chi connectivity index (χ3v) is 1.90. The first-order valence-corrected chi connectivity index (χ1v) is 5.31. The zero-order valence-electron chi connectivity index (χ0n) is 7.26. The van der Waals surface area contributed by atoms with E-state index >= 15 is 0 Å². The van der Waals surface area contributed by atoms with Gasteiger partial charge in [0.1, 0.15) is 0 Å². The van der Waals surface area contributed by atoms with Gasteiger partial charge >= 0.3 is 5.97 Å². The topological polar surface area (TPSA) is 80.7 Å². The molecule has 0 amide bonds. The fourth-order valence-electron chi connectivity index (χ4n) is 0.598. The van der Waals surface area contributed by atoms with Crippen molar-refractivity contribution in [1.82, 2.24) is 0 Å². The Morgan fingerprint density at radius 1 is 1.54 bits per heavy atom. The first-order valence-electron chi connectivity index (χ1n) is 3.70. The average Bonchev–Trinajstić information content (AvgIpc) is 1.97. The fraction of sp³-hybridized carbons (Fsp3) is 0.571. The SMILES string of the molecule is C/C=C/C(=O)OCCCS(=O)(=O)O. The van der Waals surface area contributed by atoms with E-state index in [4.69, 9.17) is 4.55 Å². The van der Waals surface area contributed by atoms with Crippen molar-refractivity contribution < 1.29 is 22.5 Å². The number of carbonyl (C=O) groups is 1. The maximum atomic E-state index is 10.6. The molecule has 13 heavy (non-hydrogen) atoms. The fourth-order valence-corrected chi connectivity index (χ4v) is 1.08. The molecule has 0 saturated carbocycles. The number of carbonyl (C=O) groups excluding carboxylic acids is 1. The van der Waals surface area contributed by atoms with Crippen LogP contribution in [0.1, 0.15) is 13.3 Å². The van der Waals surface area contributed by atoms with Crippen LogP contribution >= 0.6 is 0 Å². The van der Waals surface area contributed by atoms with Crippen molar-refractivity contribution in [3.8, 4) is 0 Å². The molecule has 0 aromatic rings. The third kappa shape index (κ3) is 9.03. The molecule has 0 aliphatic carbocycles. The van der Waals surface area contributed by atoms with E-state index < -0.39 is 21.8 Å². The van der Waals surface area contributed by atoms with Gasteiger partial charge in [-0.25, -0.2) is 4.79 Å². The van der Waals surface area contributed by atoms with Gasteiger partial charge in [-0.05, 0) is 13.3 Å². The minimum Gasteiger partial charge on any atom is -0.463 e. The summed E-state index contributed by atoms with van der Waals surface area (Å²) in [4.78, 5) is 10.6. The minimum absolute atomic E-state index is 0.0109. The summed E-state index contributed by atoms with van der Waals surface area (Å²) in [6.07, 6.45) is 2.85. The van der Waals surface area contributed by atoms with Gasteiger partial charge in [0.2, 0.25) is 0 Å². The van der Waals surface area contributed by atoms with Crippen molar-refractivity contribution in [3.63, 3.8) is 0 Å². The summed E-state index contributed by atoms with van der Waals surface area (Å²) in [5, 5.41) is 0.